The van der Waals surface area contributed by atoms with Gasteiger partial charge in [-0.1, -0.05) is 223 Å². The molecule has 3 heteroatoms. The van der Waals surface area contributed by atoms with Gasteiger partial charge in [0.25, 0.3) is 0 Å². The Hall–Kier alpha value is -2.91. The molecule has 2 atom stereocenters. The number of benzene rings is 3. The molecule has 0 fully saturated rings. The van der Waals surface area contributed by atoms with E-state index in [-0.39, 0.29) is 6.10 Å². The highest BCUT2D eigenvalue weighted by molar-refractivity contribution is 5.99. The maximum Gasteiger partial charge on any atom is 0.336 e. The van der Waals surface area contributed by atoms with Crippen molar-refractivity contribution < 1.29 is 14.6 Å². The van der Waals surface area contributed by atoms with Crippen LogP contribution >= 0.6 is 0 Å². The summed E-state index contributed by atoms with van der Waals surface area (Å²) in [4.78, 5) is 12.7. The Morgan fingerprint density at radius 1 is 0.537 bits per heavy atom. The molecule has 54 heavy (non-hydrogen) atoms. The first kappa shape index (κ1) is 45.5. The van der Waals surface area contributed by atoms with Crippen LogP contribution in [0.1, 0.15) is 222 Å². The molecule has 0 aliphatic rings. The Kier molecular flexibility index (Phi) is 24.0. The van der Waals surface area contributed by atoms with Gasteiger partial charge in [0.05, 0.1) is 11.7 Å². The second kappa shape index (κ2) is 28.5. The first-order chi connectivity index (χ1) is 26.5. The highest BCUT2D eigenvalue weighted by atomic mass is 16.5. The molecular weight excluding hydrogens is 661 g/mol. The molecule has 0 bridgehead atoms. The van der Waals surface area contributed by atoms with E-state index in [0.29, 0.717) is 11.5 Å². The first-order valence-corrected chi connectivity index (χ1v) is 22.7. The van der Waals surface area contributed by atoms with Crippen LogP contribution in [-0.4, -0.2) is 17.7 Å². The highest BCUT2D eigenvalue weighted by Crippen LogP contribution is 2.43. The van der Waals surface area contributed by atoms with Crippen LogP contribution < -0.4 is 0 Å². The molecule has 3 rings (SSSR count). The lowest BCUT2D eigenvalue weighted by Crippen LogP contribution is -2.09. The molecule has 0 aromatic heterocycles. The van der Waals surface area contributed by atoms with E-state index in [9.17, 15) is 9.90 Å². The van der Waals surface area contributed by atoms with E-state index in [1.807, 2.05) is 24.3 Å². The summed E-state index contributed by atoms with van der Waals surface area (Å²) in [7, 11) is 0. The number of hydrogen-bond acceptors (Lipinski definition) is 2. The average Bonchev–Trinajstić information content (AvgIpc) is 3.19. The number of unbranched alkanes of at least 4 members (excludes halogenated alkanes) is 20. The minimum absolute atomic E-state index is 0.0460. The molecule has 1 N–H and O–H groups in total. The van der Waals surface area contributed by atoms with Gasteiger partial charge in [0, 0.05) is 12.2 Å². The Morgan fingerprint density at radius 3 is 1.54 bits per heavy atom. The van der Waals surface area contributed by atoms with Gasteiger partial charge in [-0.3, -0.25) is 0 Å². The van der Waals surface area contributed by atoms with Crippen LogP contribution in [0.3, 0.4) is 0 Å². The number of carboxylic acids is 1. The van der Waals surface area contributed by atoms with Crippen LogP contribution in [0.25, 0.3) is 22.3 Å². The molecule has 0 saturated heterocycles. The molecule has 3 nitrogen and oxygen atoms in total. The standard InChI is InChI=1S/C51H78O3/c1-5-8-10-12-14-15-16-17-18-19-20-21-22-23-25-30-41-54-42(4)43-35-37-44(38-36-43)47-39-40-48(51(52)53)50(46-33-28-26-29-34-46)49(47)45(31-7-3)32-27-24-13-11-9-6-2/h26,28-29,33-40,42,45H,5-25,27,30-32,41H2,1-4H3,(H,52,53). The summed E-state index contributed by atoms with van der Waals surface area (Å²) in [6.45, 7) is 9.79. The summed E-state index contributed by atoms with van der Waals surface area (Å²) < 4.78 is 6.32. The van der Waals surface area contributed by atoms with Crippen molar-refractivity contribution in [3.05, 3.63) is 83.4 Å². The van der Waals surface area contributed by atoms with Gasteiger partial charge in [0.2, 0.25) is 0 Å². The van der Waals surface area contributed by atoms with Gasteiger partial charge in [-0.15, -0.1) is 0 Å². The van der Waals surface area contributed by atoms with Gasteiger partial charge < -0.3 is 9.84 Å². The first-order valence-electron chi connectivity index (χ1n) is 22.7. The van der Waals surface area contributed by atoms with E-state index in [1.54, 1.807) is 0 Å². The van der Waals surface area contributed by atoms with E-state index in [4.69, 9.17) is 4.74 Å². The molecule has 0 spiro atoms. The van der Waals surface area contributed by atoms with Crippen molar-refractivity contribution in [2.45, 2.75) is 200 Å². The molecule has 2 unspecified atom stereocenters. The van der Waals surface area contributed by atoms with Crippen molar-refractivity contribution in [1.82, 2.24) is 0 Å². The molecule has 0 saturated carbocycles. The van der Waals surface area contributed by atoms with Crippen molar-refractivity contribution in [1.29, 1.82) is 0 Å². The molecule has 0 heterocycles. The second-order valence-electron chi connectivity index (χ2n) is 16.1. The molecular formula is C51H78O3. The minimum Gasteiger partial charge on any atom is -0.478 e. The van der Waals surface area contributed by atoms with Crippen LogP contribution in [0.4, 0.5) is 0 Å². The fraction of sp³-hybridized carbons (Fsp3) is 0.627. The lowest BCUT2D eigenvalue weighted by Gasteiger charge is -2.26. The normalized spacial score (nSPS) is 12.6. The van der Waals surface area contributed by atoms with Gasteiger partial charge in [-0.25, -0.2) is 4.79 Å². The third kappa shape index (κ3) is 16.8. The van der Waals surface area contributed by atoms with Crippen molar-refractivity contribution in [3.63, 3.8) is 0 Å². The Morgan fingerprint density at radius 2 is 1.04 bits per heavy atom. The van der Waals surface area contributed by atoms with Crippen LogP contribution in [-0.2, 0) is 4.74 Å². The molecule has 300 valence electrons. The predicted molar refractivity (Wildman–Crippen MR) is 234 cm³/mol. The predicted octanol–water partition coefficient (Wildman–Crippen LogP) is 16.7. The van der Waals surface area contributed by atoms with Crippen LogP contribution in [0, 0.1) is 0 Å². The Bertz CT molecular complexity index is 1380. The highest BCUT2D eigenvalue weighted by Gasteiger charge is 2.25. The number of rotatable bonds is 32. The molecule has 0 aliphatic heterocycles. The molecule has 0 amide bonds. The van der Waals surface area contributed by atoms with Crippen molar-refractivity contribution in [2.75, 3.05) is 6.61 Å². The fourth-order valence-electron chi connectivity index (χ4n) is 8.28. The average molecular weight is 739 g/mol. The van der Waals surface area contributed by atoms with Gasteiger partial charge in [-0.05, 0) is 66.0 Å². The quantitative estimate of drug-likeness (QED) is 0.0649. The van der Waals surface area contributed by atoms with Crippen LogP contribution in [0.2, 0.25) is 0 Å². The van der Waals surface area contributed by atoms with Gasteiger partial charge in [0.15, 0.2) is 0 Å². The lowest BCUT2D eigenvalue weighted by atomic mass is 9.78. The SMILES string of the molecule is CCCCCCCCCCCCCCCCCCOC(C)c1ccc(-c2ccc(C(=O)O)c(-c3ccccc3)c2C(CCC)CCCCCCCC)cc1. The Labute approximate surface area is 332 Å². The molecule has 3 aromatic rings. The smallest absolute Gasteiger partial charge is 0.336 e. The van der Waals surface area contributed by atoms with E-state index in [0.717, 1.165) is 54.5 Å². The number of carboxylic acid groups (broad SMARTS) is 1. The summed E-state index contributed by atoms with van der Waals surface area (Å²) in [5, 5.41) is 10.4. The Balaban J connectivity index is 1.55. The summed E-state index contributed by atoms with van der Waals surface area (Å²) in [5.41, 5.74) is 7.00. The summed E-state index contributed by atoms with van der Waals surface area (Å²) in [6.07, 6.45) is 32.8. The topological polar surface area (TPSA) is 46.5 Å². The summed E-state index contributed by atoms with van der Waals surface area (Å²) in [5.74, 6) is -0.561. The third-order valence-corrected chi connectivity index (χ3v) is 11.5. The van der Waals surface area contributed by atoms with Crippen LogP contribution in [0.15, 0.2) is 66.7 Å². The zero-order valence-corrected chi connectivity index (χ0v) is 35.2. The number of hydrogen-bond donors (Lipinski definition) is 1. The maximum absolute atomic E-state index is 12.7. The number of carbonyl (C=O) groups is 1. The monoisotopic (exact) mass is 739 g/mol. The molecule has 0 radical (unpaired) electrons. The lowest BCUT2D eigenvalue weighted by molar-refractivity contribution is 0.0627. The van der Waals surface area contributed by atoms with Gasteiger partial charge >= 0.3 is 5.97 Å². The maximum atomic E-state index is 12.7. The van der Waals surface area contributed by atoms with Crippen molar-refractivity contribution in [3.8, 4) is 22.3 Å². The van der Waals surface area contributed by atoms with E-state index in [1.165, 1.54) is 146 Å². The molecule has 0 aliphatic carbocycles. The summed E-state index contributed by atoms with van der Waals surface area (Å²) >= 11 is 0. The number of aromatic carboxylic acids is 1. The zero-order valence-electron chi connectivity index (χ0n) is 35.2. The fourth-order valence-corrected chi connectivity index (χ4v) is 8.28. The van der Waals surface area contributed by atoms with Crippen molar-refractivity contribution in [2.24, 2.45) is 0 Å². The number of ether oxygens (including phenoxy) is 1. The van der Waals surface area contributed by atoms with Crippen LogP contribution in [0.5, 0.6) is 0 Å². The van der Waals surface area contributed by atoms with E-state index in [2.05, 4.69) is 70.2 Å². The largest absolute Gasteiger partial charge is 0.478 e. The van der Waals surface area contributed by atoms with Gasteiger partial charge in [-0.2, -0.15) is 0 Å². The third-order valence-electron chi connectivity index (χ3n) is 11.5. The second-order valence-corrected chi connectivity index (χ2v) is 16.1. The molecule has 3 aromatic carbocycles. The van der Waals surface area contributed by atoms with Crippen molar-refractivity contribution >= 4 is 5.97 Å². The zero-order chi connectivity index (χ0) is 38.6. The van der Waals surface area contributed by atoms with E-state index >= 15 is 0 Å². The minimum atomic E-state index is -0.859. The van der Waals surface area contributed by atoms with E-state index < -0.39 is 5.97 Å². The van der Waals surface area contributed by atoms with Gasteiger partial charge in [0.1, 0.15) is 0 Å². The summed E-state index contributed by atoms with van der Waals surface area (Å²) in [6, 6.07) is 23.0.